The van der Waals surface area contributed by atoms with Crippen LogP contribution in [0.4, 0.5) is 0 Å². The molecule has 0 aromatic carbocycles. The molecule has 1 fully saturated rings. The minimum atomic E-state index is -0.439. The predicted molar refractivity (Wildman–Crippen MR) is 40.1 cm³/mol. The second kappa shape index (κ2) is 2.80. The van der Waals surface area contributed by atoms with Gasteiger partial charge < -0.3 is 10.5 Å². The van der Waals surface area contributed by atoms with Crippen molar-refractivity contribution < 1.29 is 4.74 Å². The first kappa shape index (κ1) is 7.63. The molecular formula is C6H11N5O. The third-order valence-corrected chi connectivity index (χ3v) is 2.18. The van der Waals surface area contributed by atoms with Crippen molar-refractivity contribution in [1.29, 1.82) is 0 Å². The Balaban J connectivity index is 2.19. The summed E-state index contributed by atoms with van der Waals surface area (Å²) < 4.78 is 5.20. The molecule has 1 saturated heterocycles. The van der Waals surface area contributed by atoms with E-state index in [0.717, 1.165) is 12.8 Å². The molecule has 0 aliphatic carbocycles. The van der Waals surface area contributed by atoms with E-state index in [-0.39, 0.29) is 0 Å². The van der Waals surface area contributed by atoms with Crippen molar-refractivity contribution in [2.75, 3.05) is 13.2 Å². The van der Waals surface area contributed by atoms with Gasteiger partial charge in [-0.3, -0.25) is 0 Å². The van der Waals surface area contributed by atoms with Crippen LogP contribution >= 0.6 is 0 Å². The van der Waals surface area contributed by atoms with Crippen molar-refractivity contribution in [2.24, 2.45) is 5.73 Å². The van der Waals surface area contributed by atoms with Crippen molar-refractivity contribution in [2.45, 2.75) is 18.4 Å². The molecule has 1 aliphatic rings. The van der Waals surface area contributed by atoms with Gasteiger partial charge in [0.2, 0.25) is 0 Å². The molecule has 1 aromatic heterocycles. The van der Waals surface area contributed by atoms with Gasteiger partial charge in [0.1, 0.15) is 0 Å². The summed E-state index contributed by atoms with van der Waals surface area (Å²) in [4.78, 5) is 0. The fourth-order valence-electron chi connectivity index (χ4n) is 1.33. The Kier molecular flexibility index (Phi) is 1.78. The van der Waals surface area contributed by atoms with Gasteiger partial charge in [-0.1, -0.05) is 5.21 Å². The topological polar surface area (TPSA) is 89.7 Å². The van der Waals surface area contributed by atoms with E-state index in [2.05, 4.69) is 20.6 Å². The molecular weight excluding hydrogens is 158 g/mol. The summed E-state index contributed by atoms with van der Waals surface area (Å²) in [5.74, 6) is 0.589. The number of nitrogens with one attached hydrogen (secondary N) is 1. The highest BCUT2D eigenvalue weighted by atomic mass is 16.5. The fourth-order valence-corrected chi connectivity index (χ4v) is 1.33. The zero-order valence-corrected chi connectivity index (χ0v) is 6.66. The van der Waals surface area contributed by atoms with Gasteiger partial charge in [-0.25, -0.2) is 0 Å². The molecule has 6 heteroatoms. The second-order valence-electron chi connectivity index (χ2n) is 3.00. The van der Waals surface area contributed by atoms with E-state index in [1.54, 1.807) is 0 Å². The van der Waals surface area contributed by atoms with Gasteiger partial charge in [0, 0.05) is 13.2 Å². The number of tetrazole rings is 1. The highest BCUT2D eigenvalue weighted by Crippen LogP contribution is 2.25. The van der Waals surface area contributed by atoms with Crippen LogP contribution in [0.15, 0.2) is 0 Å². The highest BCUT2D eigenvalue weighted by Gasteiger charge is 2.33. The average molecular weight is 169 g/mol. The van der Waals surface area contributed by atoms with Gasteiger partial charge in [0.25, 0.3) is 0 Å². The second-order valence-corrected chi connectivity index (χ2v) is 3.00. The molecule has 6 nitrogen and oxygen atoms in total. The Hall–Kier alpha value is -1.01. The summed E-state index contributed by atoms with van der Waals surface area (Å²) in [5.41, 5.74) is 5.62. The lowest BCUT2D eigenvalue weighted by molar-refractivity contribution is 0.0492. The van der Waals surface area contributed by atoms with E-state index in [0.29, 0.717) is 19.0 Å². The van der Waals surface area contributed by atoms with Crippen LogP contribution < -0.4 is 5.73 Å². The number of aromatic nitrogens is 4. The number of rotatable bonds is 1. The van der Waals surface area contributed by atoms with Crippen molar-refractivity contribution >= 4 is 0 Å². The van der Waals surface area contributed by atoms with E-state index >= 15 is 0 Å². The minimum absolute atomic E-state index is 0.439. The lowest BCUT2D eigenvalue weighted by Crippen LogP contribution is -2.43. The molecule has 0 spiro atoms. The molecule has 1 aliphatic heterocycles. The number of hydrogen-bond donors (Lipinski definition) is 2. The highest BCUT2D eigenvalue weighted by molar-refractivity contribution is 5.02. The zero-order chi connectivity index (χ0) is 8.44. The summed E-state index contributed by atoms with van der Waals surface area (Å²) in [6.07, 6.45) is 1.51. The standard InChI is InChI=1S/C6H11N5O/c7-6(1-3-12-4-2-6)5-8-10-11-9-5/h1-4,7H2,(H,8,9,10,11). The van der Waals surface area contributed by atoms with E-state index in [9.17, 15) is 0 Å². The normalized spacial score (nSPS) is 22.4. The molecule has 12 heavy (non-hydrogen) atoms. The van der Waals surface area contributed by atoms with Crippen LogP contribution in [-0.2, 0) is 10.3 Å². The number of ether oxygens (including phenoxy) is 1. The molecule has 66 valence electrons. The maximum absolute atomic E-state index is 6.06. The third-order valence-electron chi connectivity index (χ3n) is 2.18. The Bertz CT molecular complexity index is 240. The third kappa shape index (κ3) is 1.19. The molecule has 0 radical (unpaired) electrons. The largest absolute Gasteiger partial charge is 0.381 e. The summed E-state index contributed by atoms with van der Waals surface area (Å²) in [7, 11) is 0. The van der Waals surface area contributed by atoms with Gasteiger partial charge in [0.15, 0.2) is 5.82 Å². The first-order valence-electron chi connectivity index (χ1n) is 3.92. The van der Waals surface area contributed by atoms with Gasteiger partial charge in [-0.15, -0.1) is 10.2 Å². The van der Waals surface area contributed by atoms with E-state index in [4.69, 9.17) is 10.5 Å². The minimum Gasteiger partial charge on any atom is -0.381 e. The Morgan fingerprint density at radius 2 is 2.17 bits per heavy atom. The van der Waals surface area contributed by atoms with Crippen LogP contribution in [-0.4, -0.2) is 33.8 Å². The molecule has 2 rings (SSSR count). The fraction of sp³-hybridized carbons (Fsp3) is 0.833. The quantitative estimate of drug-likeness (QED) is 0.572. The summed E-state index contributed by atoms with van der Waals surface area (Å²) in [6.45, 7) is 1.34. The van der Waals surface area contributed by atoms with Crippen molar-refractivity contribution in [1.82, 2.24) is 20.6 Å². The molecule has 0 amide bonds. The number of H-pyrrole nitrogens is 1. The summed E-state index contributed by atoms with van der Waals surface area (Å²) in [5, 5.41) is 13.7. The average Bonchev–Trinajstić information content (AvgIpc) is 2.58. The van der Waals surface area contributed by atoms with E-state index in [1.165, 1.54) is 0 Å². The predicted octanol–water partition coefficient (Wildman–Crippen LogP) is -0.836. The summed E-state index contributed by atoms with van der Waals surface area (Å²) >= 11 is 0. The molecule has 0 atom stereocenters. The summed E-state index contributed by atoms with van der Waals surface area (Å²) in [6, 6.07) is 0. The Labute approximate surface area is 69.5 Å². The SMILES string of the molecule is NC1(c2nn[nH]n2)CCOCC1. The number of nitrogens with two attached hydrogens (primary N) is 1. The first-order chi connectivity index (χ1) is 5.81. The Morgan fingerprint density at radius 1 is 1.42 bits per heavy atom. The maximum Gasteiger partial charge on any atom is 0.194 e. The zero-order valence-electron chi connectivity index (χ0n) is 6.66. The van der Waals surface area contributed by atoms with Crippen LogP contribution in [0.1, 0.15) is 18.7 Å². The van der Waals surface area contributed by atoms with Crippen LogP contribution in [0.25, 0.3) is 0 Å². The van der Waals surface area contributed by atoms with Gasteiger partial charge in [0.05, 0.1) is 5.54 Å². The molecule has 2 heterocycles. The monoisotopic (exact) mass is 169 g/mol. The van der Waals surface area contributed by atoms with Gasteiger partial charge in [-0.05, 0) is 12.8 Å². The molecule has 0 unspecified atom stereocenters. The lowest BCUT2D eigenvalue weighted by Gasteiger charge is -2.29. The smallest absolute Gasteiger partial charge is 0.194 e. The first-order valence-corrected chi connectivity index (χ1v) is 3.92. The van der Waals surface area contributed by atoms with Crippen molar-refractivity contribution in [3.63, 3.8) is 0 Å². The number of nitrogens with zero attached hydrogens (tertiary/aromatic N) is 3. The van der Waals surface area contributed by atoms with Crippen LogP contribution in [0, 0.1) is 0 Å². The van der Waals surface area contributed by atoms with E-state index < -0.39 is 5.54 Å². The molecule has 1 aromatic rings. The Morgan fingerprint density at radius 3 is 2.75 bits per heavy atom. The number of aromatic amines is 1. The molecule has 0 bridgehead atoms. The lowest BCUT2D eigenvalue weighted by atomic mass is 9.91. The van der Waals surface area contributed by atoms with Gasteiger partial charge in [-0.2, -0.15) is 5.21 Å². The van der Waals surface area contributed by atoms with Crippen LogP contribution in [0.2, 0.25) is 0 Å². The van der Waals surface area contributed by atoms with Gasteiger partial charge >= 0.3 is 0 Å². The van der Waals surface area contributed by atoms with Crippen molar-refractivity contribution in [3.8, 4) is 0 Å². The number of hydrogen-bond acceptors (Lipinski definition) is 5. The maximum atomic E-state index is 6.06. The molecule has 3 N–H and O–H groups in total. The van der Waals surface area contributed by atoms with Crippen LogP contribution in [0.5, 0.6) is 0 Å². The van der Waals surface area contributed by atoms with E-state index in [1.807, 2.05) is 0 Å². The molecule has 0 saturated carbocycles. The van der Waals surface area contributed by atoms with Crippen LogP contribution in [0.3, 0.4) is 0 Å². The van der Waals surface area contributed by atoms with Crippen molar-refractivity contribution in [3.05, 3.63) is 5.82 Å².